The van der Waals surface area contributed by atoms with Gasteiger partial charge in [0.25, 0.3) is 5.91 Å². The Morgan fingerprint density at radius 1 is 1.03 bits per heavy atom. The molecule has 1 aromatic carbocycles. The van der Waals surface area contributed by atoms with Crippen molar-refractivity contribution in [2.75, 3.05) is 26.3 Å². The molecule has 5 fully saturated rings. The van der Waals surface area contributed by atoms with Crippen LogP contribution in [-0.2, 0) is 14.8 Å². The molecule has 0 radical (unpaired) electrons. The number of carbonyl (C=O) groups excluding carboxylic acids is 1. The zero-order valence-electron chi connectivity index (χ0n) is 16.3. The number of halogens is 1. The summed E-state index contributed by atoms with van der Waals surface area (Å²) in [5, 5.41) is 3.17. The van der Waals surface area contributed by atoms with Crippen LogP contribution in [0.4, 0.5) is 4.39 Å². The molecule has 0 aromatic heterocycles. The Balaban J connectivity index is 1.36. The molecule has 158 valence electrons. The van der Waals surface area contributed by atoms with E-state index in [9.17, 15) is 17.6 Å². The van der Waals surface area contributed by atoms with Gasteiger partial charge in [-0.1, -0.05) is 0 Å². The largest absolute Gasteiger partial charge is 0.379 e. The molecular formula is C21H27FN2O4S. The number of rotatable bonds is 4. The Morgan fingerprint density at radius 3 is 2.28 bits per heavy atom. The minimum absolute atomic E-state index is 0.152. The second-order valence-electron chi connectivity index (χ2n) is 9.09. The molecule has 1 heterocycles. The molecule has 4 bridgehead atoms. The van der Waals surface area contributed by atoms with Crippen molar-refractivity contribution >= 4 is 15.9 Å². The van der Waals surface area contributed by atoms with Crippen LogP contribution in [0.5, 0.6) is 0 Å². The minimum atomic E-state index is -4.00. The molecule has 1 amide bonds. The van der Waals surface area contributed by atoms with Crippen molar-refractivity contribution < 1.29 is 22.3 Å². The Kier molecular flexibility index (Phi) is 4.91. The first kappa shape index (κ1) is 19.5. The maximum atomic E-state index is 14.4. The number of morpholine rings is 1. The summed E-state index contributed by atoms with van der Waals surface area (Å²) in [6.07, 6.45) is 6.06. The first-order chi connectivity index (χ1) is 13.9. The van der Waals surface area contributed by atoms with E-state index in [1.807, 2.05) is 0 Å². The van der Waals surface area contributed by atoms with Crippen LogP contribution in [0.1, 0.15) is 42.5 Å². The van der Waals surface area contributed by atoms with Crippen molar-refractivity contribution in [2.24, 2.45) is 23.7 Å². The summed E-state index contributed by atoms with van der Waals surface area (Å²) in [4.78, 5) is 12.5. The molecule has 6 nitrogen and oxygen atoms in total. The molecule has 0 atom stereocenters. The summed E-state index contributed by atoms with van der Waals surface area (Å²) in [5.74, 6) is 1.52. The predicted octanol–water partition coefficient (Wildman–Crippen LogP) is 2.40. The van der Waals surface area contributed by atoms with Gasteiger partial charge >= 0.3 is 0 Å². The fourth-order valence-corrected chi connectivity index (χ4v) is 7.66. The van der Waals surface area contributed by atoms with Crippen molar-refractivity contribution in [3.05, 3.63) is 29.6 Å². The molecule has 0 unspecified atom stereocenters. The molecule has 6 rings (SSSR count). The van der Waals surface area contributed by atoms with Crippen molar-refractivity contribution in [1.29, 1.82) is 0 Å². The highest BCUT2D eigenvalue weighted by molar-refractivity contribution is 7.89. The van der Waals surface area contributed by atoms with Gasteiger partial charge in [0.15, 0.2) is 0 Å². The van der Waals surface area contributed by atoms with E-state index in [0.29, 0.717) is 11.8 Å². The number of amides is 1. The average Bonchev–Trinajstić information content (AvgIpc) is 2.71. The summed E-state index contributed by atoms with van der Waals surface area (Å²) in [7, 11) is -4.00. The van der Waals surface area contributed by atoms with E-state index in [2.05, 4.69) is 5.32 Å². The van der Waals surface area contributed by atoms with Gasteiger partial charge in [-0.3, -0.25) is 4.79 Å². The Hall–Kier alpha value is -1.51. The lowest BCUT2D eigenvalue weighted by Crippen LogP contribution is -2.55. The van der Waals surface area contributed by atoms with Crippen LogP contribution in [0.25, 0.3) is 0 Å². The quantitative estimate of drug-likeness (QED) is 0.809. The number of hydrogen-bond acceptors (Lipinski definition) is 4. The lowest BCUT2D eigenvalue weighted by Gasteiger charge is -2.54. The third-order valence-corrected chi connectivity index (χ3v) is 9.22. The van der Waals surface area contributed by atoms with E-state index in [-0.39, 0.29) is 43.8 Å². The van der Waals surface area contributed by atoms with Crippen LogP contribution in [0.2, 0.25) is 0 Å². The van der Waals surface area contributed by atoms with E-state index >= 15 is 0 Å². The van der Waals surface area contributed by atoms with Gasteiger partial charge in [-0.15, -0.1) is 0 Å². The van der Waals surface area contributed by atoms with E-state index < -0.39 is 20.7 Å². The number of sulfonamides is 1. The van der Waals surface area contributed by atoms with Crippen LogP contribution in [0.3, 0.4) is 0 Å². The highest BCUT2D eigenvalue weighted by Gasteiger charge is 2.48. The monoisotopic (exact) mass is 422 g/mol. The lowest BCUT2D eigenvalue weighted by atomic mass is 9.54. The third-order valence-electron chi connectivity index (χ3n) is 7.31. The molecule has 29 heavy (non-hydrogen) atoms. The SMILES string of the molecule is O=C(NC1C2CC3CC(C2)CC1C3)c1ccc(F)c(S(=O)(=O)N2CCOCC2)c1. The van der Waals surface area contributed by atoms with Gasteiger partial charge in [-0.2, -0.15) is 4.31 Å². The van der Waals surface area contributed by atoms with Crippen LogP contribution >= 0.6 is 0 Å². The maximum Gasteiger partial charge on any atom is 0.251 e. The highest BCUT2D eigenvalue weighted by atomic mass is 32.2. The number of nitrogens with one attached hydrogen (secondary N) is 1. The maximum absolute atomic E-state index is 14.4. The lowest BCUT2D eigenvalue weighted by molar-refractivity contribution is -0.0119. The summed E-state index contributed by atoms with van der Waals surface area (Å²) < 4.78 is 46.6. The Labute approximate surface area is 170 Å². The van der Waals surface area contributed by atoms with E-state index in [1.54, 1.807) is 0 Å². The first-order valence-corrected chi connectivity index (χ1v) is 12.0. The van der Waals surface area contributed by atoms with Gasteiger partial charge < -0.3 is 10.1 Å². The van der Waals surface area contributed by atoms with Gasteiger partial charge in [0, 0.05) is 24.7 Å². The molecule has 4 aliphatic carbocycles. The molecule has 5 aliphatic rings. The third kappa shape index (κ3) is 3.49. The van der Waals surface area contributed by atoms with Gasteiger partial charge in [0.1, 0.15) is 10.7 Å². The molecule has 0 spiro atoms. The summed E-state index contributed by atoms with van der Waals surface area (Å²) in [6, 6.07) is 3.80. The predicted molar refractivity (Wildman–Crippen MR) is 104 cm³/mol. The van der Waals surface area contributed by atoms with Crippen molar-refractivity contribution in [2.45, 2.75) is 43.0 Å². The highest BCUT2D eigenvalue weighted by Crippen LogP contribution is 2.53. The summed E-state index contributed by atoms with van der Waals surface area (Å²) >= 11 is 0. The van der Waals surface area contributed by atoms with Crippen LogP contribution in [-0.4, -0.2) is 51.0 Å². The molecule has 8 heteroatoms. The Bertz CT molecular complexity index is 885. The average molecular weight is 423 g/mol. The second-order valence-corrected chi connectivity index (χ2v) is 11.0. The minimum Gasteiger partial charge on any atom is -0.379 e. The van der Waals surface area contributed by atoms with E-state index in [4.69, 9.17) is 4.74 Å². The number of nitrogens with zero attached hydrogens (tertiary/aromatic N) is 1. The topological polar surface area (TPSA) is 75.7 Å². The van der Waals surface area contributed by atoms with Gasteiger partial charge in [0.2, 0.25) is 10.0 Å². The summed E-state index contributed by atoms with van der Waals surface area (Å²) in [5.41, 5.74) is 0.201. The van der Waals surface area contributed by atoms with Gasteiger partial charge in [0.05, 0.1) is 13.2 Å². The zero-order valence-corrected chi connectivity index (χ0v) is 17.2. The number of benzene rings is 1. The molecule has 1 saturated heterocycles. The van der Waals surface area contributed by atoms with Gasteiger partial charge in [-0.05, 0) is 74.0 Å². The number of ether oxygens (including phenoxy) is 1. The smallest absolute Gasteiger partial charge is 0.251 e. The van der Waals surface area contributed by atoms with Crippen molar-refractivity contribution in [3.8, 4) is 0 Å². The fourth-order valence-electron chi connectivity index (χ4n) is 6.16. The van der Waals surface area contributed by atoms with E-state index in [1.165, 1.54) is 48.5 Å². The second kappa shape index (κ2) is 7.32. The molecule has 1 aliphatic heterocycles. The number of hydrogen-bond donors (Lipinski definition) is 1. The standard InChI is InChI=1S/C21H27FN2O4S/c22-18-2-1-15(12-19(18)29(26,27)24-3-5-28-6-4-24)21(25)23-20-16-8-13-7-14(10-16)11-17(20)9-13/h1-2,12-14,16-17,20H,3-11H2,(H,23,25). The normalized spacial score (nSPS) is 34.3. The molecule has 4 saturated carbocycles. The summed E-state index contributed by atoms with van der Waals surface area (Å²) in [6.45, 7) is 0.943. The number of carbonyl (C=O) groups is 1. The molecule has 1 aromatic rings. The Morgan fingerprint density at radius 2 is 1.66 bits per heavy atom. The van der Waals surface area contributed by atoms with Crippen LogP contribution < -0.4 is 5.32 Å². The van der Waals surface area contributed by atoms with Gasteiger partial charge in [-0.25, -0.2) is 12.8 Å². The first-order valence-electron chi connectivity index (χ1n) is 10.6. The van der Waals surface area contributed by atoms with Crippen molar-refractivity contribution in [1.82, 2.24) is 9.62 Å². The van der Waals surface area contributed by atoms with Crippen molar-refractivity contribution in [3.63, 3.8) is 0 Å². The fraction of sp³-hybridized carbons (Fsp3) is 0.667. The zero-order chi connectivity index (χ0) is 20.2. The molecular weight excluding hydrogens is 395 g/mol. The van der Waals surface area contributed by atoms with E-state index in [0.717, 1.165) is 17.9 Å². The van der Waals surface area contributed by atoms with Crippen LogP contribution in [0.15, 0.2) is 23.1 Å². The molecule has 1 N–H and O–H groups in total. The van der Waals surface area contributed by atoms with Crippen LogP contribution in [0, 0.1) is 29.5 Å².